The third-order valence-corrected chi connectivity index (χ3v) is 3.97. The molecule has 0 amide bonds. The van der Waals surface area contributed by atoms with Gasteiger partial charge in [-0.05, 0) is 23.3 Å². The SMILES string of the molecule is CC1(C)CC(=O)C(Cc2cccs2)C(=O)C1. The normalized spacial score (nSPS) is 21.4. The zero-order valence-electron chi connectivity index (χ0n) is 9.66. The highest BCUT2D eigenvalue weighted by atomic mass is 32.1. The van der Waals surface area contributed by atoms with E-state index in [0.717, 1.165) is 4.88 Å². The van der Waals surface area contributed by atoms with Crippen LogP contribution in [-0.2, 0) is 16.0 Å². The van der Waals surface area contributed by atoms with Gasteiger partial charge in [-0.2, -0.15) is 0 Å². The Kier molecular flexibility index (Phi) is 2.98. The van der Waals surface area contributed by atoms with Gasteiger partial charge in [0, 0.05) is 17.7 Å². The molecule has 0 unspecified atom stereocenters. The van der Waals surface area contributed by atoms with E-state index < -0.39 is 0 Å². The summed E-state index contributed by atoms with van der Waals surface area (Å²) in [6, 6.07) is 3.95. The highest BCUT2D eigenvalue weighted by molar-refractivity contribution is 7.09. The van der Waals surface area contributed by atoms with Gasteiger partial charge in [0.2, 0.25) is 0 Å². The Morgan fingerprint density at radius 1 is 1.31 bits per heavy atom. The van der Waals surface area contributed by atoms with Crippen molar-refractivity contribution < 1.29 is 9.59 Å². The predicted octanol–water partition coefficient (Wildman–Crippen LogP) is 2.87. The molecule has 1 aliphatic carbocycles. The second-order valence-electron chi connectivity index (χ2n) is 5.29. The highest BCUT2D eigenvalue weighted by Gasteiger charge is 2.39. The fourth-order valence-corrected chi connectivity index (χ4v) is 3.04. The topological polar surface area (TPSA) is 34.1 Å². The molecule has 1 aromatic heterocycles. The van der Waals surface area contributed by atoms with Crippen LogP contribution in [0.1, 0.15) is 31.6 Å². The molecule has 16 heavy (non-hydrogen) atoms. The quantitative estimate of drug-likeness (QED) is 0.740. The zero-order chi connectivity index (χ0) is 11.8. The third kappa shape index (κ3) is 2.40. The second kappa shape index (κ2) is 4.13. The van der Waals surface area contributed by atoms with Crippen molar-refractivity contribution in [1.29, 1.82) is 0 Å². The fraction of sp³-hybridized carbons (Fsp3) is 0.538. The Hall–Kier alpha value is -0.960. The molecule has 1 aromatic rings. The summed E-state index contributed by atoms with van der Waals surface area (Å²) in [4.78, 5) is 25.0. The molecule has 1 aliphatic rings. The molecule has 1 saturated carbocycles. The molecule has 2 rings (SSSR count). The summed E-state index contributed by atoms with van der Waals surface area (Å²) in [5.74, 6) is -0.143. The average molecular weight is 236 g/mol. The predicted molar refractivity (Wildman–Crippen MR) is 64.5 cm³/mol. The Labute approximate surface area is 99.7 Å². The number of carbonyl (C=O) groups excluding carboxylic acids is 2. The Balaban J connectivity index is 2.11. The van der Waals surface area contributed by atoms with Crippen molar-refractivity contribution in [3.05, 3.63) is 22.4 Å². The monoisotopic (exact) mass is 236 g/mol. The molecule has 0 saturated heterocycles. The zero-order valence-corrected chi connectivity index (χ0v) is 10.5. The van der Waals surface area contributed by atoms with E-state index in [4.69, 9.17) is 0 Å². The number of ketones is 2. The Morgan fingerprint density at radius 2 is 1.94 bits per heavy atom. The number of rotatable bonds is 2. The molecular weight excluding hydrogens is 220 g/mol. The molecule has 0 aliphatic heterocycles. The van der Waals surface area contributed by atoms with Crippen LogP contribution in [0.15, 0.2) is 17.5 Å². The van der Waals surface area contributed by atoms with Crippen LogP contribution in [0, 0.1) is 11.3 Å². The molecular formula is C13H16O2S. The average Bonchev–Trinajstić information content (AvgIpc) is 2.62. The van der Waals surface area contributed by atoms with E-state index in [1.807, 2.05) is 31.4 Å². The lowest BCUT2D eigenvalue weighted by atomic mass is 9.70. The highest BCUT2D eigenvalue weighted by Crippen LogP contribution is 2.35. The smallest absolute Gasteiger partial charge is 0.144 e. The number of carbonyl (C=O) groups is 2. The maximum Gasteiger partial charge on any atom is 0.144 e. The van der Waals surface area contributed by atoms with Crippen LogP contribution >= 0.6 is 11.3 Å². The molecule has 0 bridgehead atoms. The summed E-state index contributed by atoms with van der Waals surface area (Å²) in [5, 5.41) is 1.98. The fourth-order valence-electron chi connectivity index (χ4n) is 2.29. The van der Waals surface area contributed by atoms with Gasteiger partial charge in [0.15, 0.2) is 0 Å². The van der Waals surface area contributed by atoms with Gasteiger partial charge in [-0.1, -0.05) is 19.9 Å². The van der Waals surface area contributed by atoms with Gasteiger partial charge in [-0.15, -0.1) is 11.3 Å². The van der Waals surface area contributed by atoms with Gasteiger partial charge >= 0.3 is 0 Å². The van der Waals surface area contributed by atoms with E-state index in [-0.39, 0.29) is 22.9 Å². The first-order chi connectivity index (χ1) is 7.48. The van der Waals surface area contributed by atoms with E-state index in [1.54, 1.807) is 11.3 Å². The molecule has 0 aromatic carbocycles. The number of thiophene rings is 1. The van der Waals surface area contributed by atoms with Gasteiger partial charge in [0.25, 0.3) is 0 Å². The first kappa shape index (κ1) is 11.5. The largest absolute Gasteiger partial charge is 0.299 e. The molecule has 0 N–H and O–H groups in total. The van der Waals surface area contributed by atoms with Crippen LogP contribution in [-0.4, -0.2) is 11.6 Å². The maximum atomic E-state index is 11.9. The molecule has 0 atom stereocenters. The first-order valence-electron chi connectivity index (χ1n) is 5.56. The van der Waals surface area contributed by atoms with Gasteiger partial charge in [-0.3, -0.25) is 9.59 Å². The van der Waals surface area contributed by atoms with Gasteiger partial charge in [0.05, 0.1) is 5.92 Å². The van der Waals surface area contributed by atoms with E-state index in [9.17, 15) is 9.59 Å². The Bertz CT molecular complexity index is 384. The van der Waals surface area contributed by atoms with Gasteiger partial charge in [0.1, 0.15) is 11.6 Å². The standard InChI is InChI=1S/C13H16O2S/c1-13(2)7-11(14)10(12(15)8-13)6-9-4-3-5-16-9/h3-5,10H,6-8H2,1-2H3. The number of hydrogen-bond acceptors (Lipinski definition) is 3. The summed E-state index contributed by atoms with van der Waals surface area (Å²) < 4.78 is 0. The van der Waals surface area contributed by atoms with E-state index >= 15 is 0 Å². The number of hydrogen-bond donors (Lipinski definition) is 0. The van der Waals surface area contributed by atoms with Crippen LogP contribution in [0.5, 0.6) is 0 Å². The first-order valence-corrected chi connectivity index (χ1v) is 6.44. The van der Waals surface area contributed by atoms with Crippen molar-refractivity contribution in [2.24, 2.45) is 11.3 Å². The third-order valence-electron chi connectivity index (χ3n) is 3.07. The Morgan fingerprint density at radius 3 is 2.44 bits per heavy atom. The van der Waals surface area contributed by atoms with E-state index in [0.29, 0.717) is 19.3 Å². The van der Waals surface area contributed by atoms with Crippen molar-refractivity contribution in [2.45, 2.75) is 33.1 Å². The molecule has 0 radical (unpaired) electrons. The van der Waals surface area contributed by atoms with Crippen LogP contribution in [0.2, 0.25) is 0 Å². The molecule has 1 heterocycles. The summed E-state index contributed by atoms with van der Waals surface area (Å²) >= 11 is 1.62. The van der Waals surface area contributed by atoms with Gasteiger partial charge < -0.3 is 0 Å². The minimum atomic E-state index is -0.383. The van der Waals surface area contributed by atoms with Crippen LogP contribution in [0.4, 0.5) is 0 Å². The molecule has 3 heteroatoms. The minimum absolute atomic E-state index is 0.120. The summed E-state index contributed by atoms with van der Waals surface area (Å²) in [6.07, 6.45) is 1.68. The summed E-state index contributed by atoms with van der Waals surface area (Å²) in [5.41, 5.74) is -0.139. The van der Waals surface area contributed by atoms with Crippen molar-refractivity contribution in [3.63, 3.8) is 0 Å². The lowest BCUT2D eigenvalue weighted by Gasteiger charge is -2.31. The van der Waals surface area contributed by atoms with Crippen molar-refractivity contribution in [2.75, 3.05) is 0 Å². The molecule has 2 nitrogen and oxygen atoms in total. The van der Waals surface area contributed by atoms with Crippen LogP contribution in [0.3, 0.4) is 0 Å². The summed E-state index contributed by atoms with van der Waals surface area (Å²) in [7, 11) is 0. The van der Waals surface area contributed by atoms with Crippen molar-refractivity contribution in [1.82, 2.24) is 0 Å². The van der Waals surface area contributed by atoms with E-state index in [2.05, 4.69) is 0 Å². The van der Waals surface area contributed by atoms with Crippen LogP contribution in [0.25, 0.3) is 0 Å². The molecule has 1 fully saturated rings. The summed E-state index contributed by atoms with van der Waals surface area (Å²) in [6.45, 7) is 3.98. The lowest BCUT2D eigenvalue weighted by Crippen LogP contribution is -2.38. The van der Waals surface area contributed by atoms with Gasteiger partial charge in [-0.25, -0.2) is 0 Å². The van der Waals surface area contributed by atoms with E-state index in [1.165, 1.54) is 0 Å². The van der Waals surface area contributed by atoms with Crippen LogP contribution < -0.4 is 0 Å². The lowest BCUT2D eigenvalue weighted by molar-refractivity contribution is -0.139. The minimum Gasteiger partial charge on any atom is -0.299 e. The molecule has 86 valence electrons. The van der Waals surface area contributed by atoms with Crippen molar-refractivity contribution in [3.8, 4) is 0 Å². The molecule has 0 spiro atoms. The number of Topliss-reactive ketones (excluding diaryl/α,β-unsaturated/α-hetero) is 2. The van der Waals surface area contributed by atoms with Crippen molar-refractivity contribution >= 4 is 22.9 Å². The second-order valence-corrected chi connectivity index (χ2v) is 6.32. The maximum absolute atomic E-state index is 11.9.